The Labute approximate surface area is 194 Å². The topological polar surface area (TPSA) is 77.3 Å². The van der Waals surface area contributed by atoms with E-state index in [1.165, 1.54) is 0 Å². The van der Waals surface area contributed by atoms with Gasteiger partial charge in [-0.25, -0.2) is 4.79 Å². The largest absolute Gasteiger partial charge is 0.335 e. The van der Waals surface area contributed by atoms with E-state index in [9.17, 15) is 9.59 Å². The first-order chi connectivity index (χ1) is 15.9. The smallest absolute Gasteiger partial charge is 0.319 e. The van der Waals surface area contributed by atoms with Gasteiger partial charge < -0.3 is 14.7 Å². The number of fused-ring (bicyclic) bond motifs is 1. The fourth-order valence-electron chi connectivity index (χ4n) is 4.18. The van der Waals surface area contributed by atoms with Gasteiger partial charge in [-0.2, -0.15) is 0 Å². The summed E-state index contributed by atoms with van der Waals surface area (Å²) >= 11 is 0. The molecule has 1 saturated heterocycles. The number of carbonyl (C=O) groups excluding carboxylic acids is 2. The molecule has 1 aliphatic rings. The summed E-state index contributed by atoms with van der Waals surface area (Å²) < 4.78 is 1.88. The number of hydrogen-bond acceptors (Lipinski definition) is 5. The molecule has 0 unspecified atom stereocenters. The number of rotatable bonds is 5. The summed E-state index contributed by atoms with van der Waals surface area (Å²) in [6.07, 6.45) is 1.82. The van der Waals surface area contributed by atoms with Crippen LogP contribution in [0.15, 0.2) is 48.7 Å². The van der Waals surface area contributed by atoms with Gasteiger partial charge in [-0.1, -0.05) is 30.3 Å². The van der Waals surface area contributed by atoms with Crippen LogP contribution in [0.3, 0.4) is 0 Å². The van der Waals surface area contributed by atoms with Crippen LogP contribution in [0, 0.1) is 0 Å². The molecule has 3 heterocycles. The molecule has 174 valence electrons. The normalized spacial score (nSPS) is 16.7. The molecule has 1 fully saturated rings. The molecule has 3 aromatic rings. The van der Waals surface area contributed by atoms with Crippen LogP contribution in [0.5, 0.6) is 0 Å². The molecule has 1 aliphatic heterocycles. The maximum Gasteiger partial charge on any atom is 0.319 e. The zero-order chi connectivity index (χ0) is 23.5. The van der Waals surface area contributed by atoms with E-state index in [-0.39, 0.29) is 18.0 Å². The Morgan fingerprint density at radius 3 is 2.52 bits per heavy atom. The monoisotopic (exact) mass is 449 g/mol. The SMILES string of the molecule is CCN(Cc1ccccc1)C(=O)c1ccc2nnc([C@@H]3CN(C(=O)N(C)C)CCN3C)n2c1. The predicted molar refractivity (Wildman–Crippen MR) is 126 cm³/mol. The van der Waals surface area contributed by atoms with Gasteiger partial charge in [-0.15, -0.1) is 10.2 Å². The number of urea groups is 1. The summed E-state index contributed by atoms with van der Waals surface area (Å²) in [6, 6.07) is 13.5. The minimum absolute atomic E-state index is 0.0164. The van der Waals surface area contributed by atoms with Gasteiger partial charge in [0.2, 0.25) is 0 Å². The molecule has 0 N–H and O–H groups in total. The maximum absolute atomic E-state index is 13.3. The number of aromatic nitrogens is 3. The van der Waals surface area contributed by atoms with Gasteiger partial charge in [0, 0.05) is 53.0 Å². The highest BCUT2D eigenvalue weighted by molar-refractivity contribution is 5.94. The van der Waals surface area contributed by atoms with Gasteiger partial charge in [0.25, 0.3) is 5.91 Å². The number of nitrogens with zero attached hydrogens (tertiary/aromatic N) is 7. The first-order valence-electron chi connectivity index (χ1n) is 11.2. The molecular formula is C24H31N7O2. The number of pyridine rings is 1. The quantitative estimate of drug-likeness (QED) is 0.598. The molecule has 0 saturated carbocycles. The van der Waals surface area contributed by atoms with Crippen LogP contribution in [0.2, 0.25) is 0 Å². The highest BCUT2D eigenvalue weighted by atomic mass is 16.2. The van der Waals surface area contributed by atoms with E-state index in [2.05, 4.69) is 15.1 Å². The Kier molecular flexibility index (Phi) is 6.60. The summed E-state index contributed by atoms with van der Waals surface area (Å²) in [7, 11) is 5.54. The lowest BCUT2D eigenvalue weighted by Gasteiger charge is -2.39. The van der Waals surface area contributed by atoms with E-state index in [0.717, 1.165) is 17.9 Å². The first kappa shape index (κ1) is 22.7. The van der Waals surface area contributed by atoms with Gasteiger partial charge in [0.05, 0.1) is 11.6 Å². The van der Waals surface area contributed by atoms with E-state index in [4.69, 9.17) is 0 Å². The number of benzene rings is 1. The van der Waals surface area contributed by atoms with Crippen molar-refractivity contribution in [1.29, 1.82) is 0 Å². The summed E-state index contributed by atoms with van der Waals surface area (Å²) in [4.78, 5) is 33.3. The average molecular weight is 450 g/mol. The lowest BCUT2D eigenvalue weighted by atomic mass is 10.1. The third-order valence-corrected chi connectivity index (χ3v) is 6.16. The van der Waals surface area contributed by atoms with Crippen molar-refractivity contribution in [3.63, 3.8) is 0 Å². The van der Waals surface area contributed by atoms with Crippen LogP contribution in [0.1, 0.15) is 34.7 Å². The fourth-order valence-corrected chi connectivity index (χ4v) is 4.18. The van der Waals surface area contributed by atoms with Gasteiger partial charge >= 0.3 is 6.03 Å². The molecule has 2 aromatic heterocycles. The van der Waals surface area contributed by atoms with Gasteiger partial charge in [-0.05, 0) is 31.7 Å². The fraction of sp³-hybridized carbons (Fsp3) is 0.417. The average Bonchev–Trinajstić information content (AvgIpc) is 3.25. The van der Waals surface area contributed by atoms with E-state index < -0.39 is 0 Å². The van der Waals surface area contributed by atoms with E-state index in [1.807, 2.05) is 70.8 Å². The second kappa shape index (κ2) is 9.58. The maximum atomic E-state index is 13.3. The van der Waals surface area contributed by atoms with Gasteiger partial charge in [-0.3, -0.25) is 14.1 Å². The molecule has 3 amide bonds. The lowest BCUT2D eigenvalue weighted by molar-refractivity contribution is 0.0752. The molecule has 1 atom stereocenters. The number of piperazine rings is 1. The van der Waals surface area contributed by atoms with E-state index in [0.29, 0.717) is 37.4 Å². The van der Waals surface area contributed by atoms with Crippen molar-refractivity contribution in [2.45, 2.75) is 19.5 Å². The first-order valence-corrected chi connectivity index (χ1v) is 11.2. The summed E-state index contributed by atoms with van der Waals surface area (Å²) in [5, 5.41) is 8.75. The molecule has 0 bridgehead atoms. The van der Waals surface area contributed by atoms with Crippen molar-refractivity contribution in [2.24, 2.45) is 0 Å². The lowest BCUT2D eigenvalue weighted by Crippen LogP contribution is -2.52. The third kappa shape index (κ3) is 4.68. The molecule has 9 heteroatoms. The summed E-state index contributed by atoms with van der Waals surface area (Å²) in [5.41, 5.74) is 2.35. The van der Waals surface area contributed by atoms with Crippen LogP contribution in [-0.4, -0.2) is 93.5 Å². The highest BCUT2D eigenvalue weighted by Gasteiger charge is 2.32. The second-order valence-electron chi connectivity index (χ2n) is 8.63. The number of carbonyl (C=O) groups is 2. The number of amides is 3. The van der Waals surface area contributed by atoms with Crippen LogP contribution in [0.4, 0.5) is 4.79 Å². The Balaban J connectivity index is 1.61. The highest BCUT2D eigenvalue weighted by Crippen LogP contribution is 2.24. The Morgan fingerprint density at radius 1 is 1.06 bits per heavy atom. The molecule has 1 aromatic carbocycles. The van der Waals surface area contributed by atoms with E-state index >= 15 is 0 Å². The van der Waals surface area contributed by atoms with Crippen molar-refractivity contribution >= 4 is 17.6 Å². The van der Waals surface area contributed by atoms with Crippen LogP contribution >= 0.6 is 0 Å². The van der Waals surface area contributed by atoms with Crippen molar-refractivity contribution in [3.8, 4) is 0 Å². The minimum atomic E-state index is -0.116. The number of hydrogen-bond donors (Lipinski definition) is 0. The molecular weight excluding hydrogens is 418 g/mol. The predicted octanol–water partition coefficient (Wildman–Crippen LogP) is 2.36. The Hall–Kier alpha value is -3.46. The summed E-state index contributed by atoms with van der Waals surface area (Å²) in [6.45, 7) is 5.05. The molecule has 0 spiro atoms. The molecule has 0 radical (unpaired) electrons. The minimum Gasteiger partial charge on any atom is -0.335 e. The second-order valence-corrected chi connectivity index (χ2v) is 8.63. The van der Waals surface area contributed by atoms with Crippen LogP contribution in [-0.2, 0) is 6.54 Å². The Bertz CT molecular complexity index is 1130. The number of likely N-dealkylation sites (N-methyl/N-ethyl adjacent to an activating group) is 1. The zero-order valence-corrected chi connectivity index (χ0v) is 19.7. The van der Waals surface area contributed by atoms with Crippen molar-refractivity contribution < 1.29 is 9.59 Å². The van der Waals surface area contributed by atoms with Crippen molar-refractivity contribution in [3.05, 3.63) is 65.6 Å². The third-order valence-electron chi connectivity index (χ3n) is 6.16. The molecule has 33 heavy (non-hydrogen) atoms. The van der Waals surface area contributed by atoms with Crippen molar-refractivity contribution in [1.82, 2.24) is 34.2 Å². The molecule has 0 aliphatic carbocycles. The van der Waals surface area contributed by atoms with Gasteiger partial charge in [0.1, 0.15) is 0 Å². The van der Waals surface area contributed by atoms with Crippen LogP contribution in [0.25, 0.3) is 5.65 Å². The standard InChI is InChI=1S/C24H31N7O2/c1-5-29(15-18-9-7-6-8-10-18)23(32)19-11-12-21-25-26-22(31(21)16-19)20-17-30(14-13-28(20)4)24(33)27(2)3/h6-12,16,20H,5,13-15,17H2,1-4H3/t20-/m0/s1. The summed E-state index contributed by atoms with van der Waals surface area (Å²) in [5.74, 6) is 0.689. The van der Waals surface area contributed by atoms with Crippen LogP contribution < -0.4 is 0 Å². The zero-order valence-electron chi connectivity index (χ0n) is 19.7. The molecule has 9 nitrogen and oxygen atoms in total. The van der Waals surface area contributed by atoms with Crippen molar-refractivity contribution in [2.75, 3.05) is 47.3 Å². The van der Waals surface area contributed by atoms with E-state index in [1.54, 1.807) is 25.1 Å². The van der Waals surface area contributed by atoms with Gasteiger partial charge in [0.15, 0.2) is 11.5 Å². The Morgan fingerprint density at radius 2 is 1.82 bits per heavy atom. The molecule has 4 rings (SSSR count).